The van der Waals surface area contributed by atoms with Crippen LogP contribution in [0.2, 0.25) is 5.02 Å². The van der Waals surface area contributed by atoms with Crippen molar-refractivity contribution in [3.63, 3.8) is 0 Å². The van der Waals surface area contributed by atoms with Crippen molar-refractivity contribution < 1.29 is 23.8 Å². The van der Waals surface area contributed by atoms with Crippen LogP contribution in [0, 0.1) is 5.82 Å². The summed E-state index contributed by atoms with van der Waals surface area (Å²) in [6, 6.07) is 2.91. The van der Waals surface area contributed by atoms with Gasteiger partial charge in [-0.25, -0.2) is 14.0 Å². The number of aliphatic carboxylic acids is 1. The van der Waals surface area contributed by atoms with Crippen molar-refractivity contribution in [1.29, 1.82) is 0 Å². The summed E-state index contributed by atoms with van der Waals surface area (Å²) in [4.78, 5) is 24.3. The topological polar surface area (TPSA) is 66.8 Å². The molecule has 0 aliphatic heterocycles. The second-order valence-electron chi connectivity index (χ2n) is 5.82. The summed E-state index contributed by atoms with van der Waals surface area (Å²) in [6.07, 6.45) is -0.846. The van der Waals surface area contributed by atoms with Gasteiger partial charge in [0.1, 0.15) is 17.5 Å². The first-order chi connectivity index (χ1) is 10.0. The maximum absolute atomic E-state index is 13.9. The van der Waals surface area contributed by atoms with Gasteiger partial charge >= 0.3 is 12.1 Å². The lowest BCUT2D eigenvalue weighted by molar-refractivity contribution is -0.142. The Morgan fingerprint density at radius 1 is 1.41 bits per heavy atom. The zero-order chi connectivity index (χ0) is 17.1. The van der Waals surface area contributed by atoms with Crippen molar-refractivity contribution in [2.75, 3.05) is 0 Å². The van der Waals surface area contributed by atoms with Gasteiger partial charge in [-0.1, -0.05) is 17.7 Å². The Morgan fingerprint density at radius 2 is 2.00 bits per heavy atom. The van der Waals surface area contributed by atoms with Crippen LogP contribution < -0.4 is 0 Å². The molecule has 0 aliphatic carbocycles. The van der Waals surface area contributed by atoms with Crippen molar-refractivity contribution >= 4 is 23.7 Å². The molecule has 5 nitrogen and oxygen atoms in total. The van der Waals surface area contributed by atoms with Gasteiger partial charge in [-0.2, -0.15) is 0 Å². The predicted octanol–water partition coefficient (Wildman–Crippen LogP) is 3.69. The molecule has 0 radical (unpaired) electrons. The van der Waals surface area contributed by atoms with E-state index in [9.17, 15) is 14.0 Å². The molecule has 0 aliphatic rings. The average Bonchev–Trinajstić information content (AvgIpc) is 2.35. The summed E-state index contributed by atoms with van der Waals surface area (Å²) in [7, 11) is 0. The molecule has 0 fully saturated rings. The highest BCUT2D eigenvalue weighted by atomic mass is 35.5. The molecule has 22 heavy (non-hydrogen) atoms. The Labute approximate surface area is 133 Å². The number of carbonyl (C=O) groups excluding carboxylic acids is 1. The molecule has 122 valence electrons. The Morgan fingerprint density at radius 3 is 2.45 bits per heavy atom. The summed E-state index contributed by atoms with van der Waals surface area (Å²) in [5.74, 6) is -1.84. The van der Waals surface area contributed by atoms with Crippen LogP contribution in [-0.4, -0.2) is 33.7 Å². The molecule has 0 bridgehead atoms. The van der Waals surface area contributed by atoms with Crippen LogP contribution in [0.25, 0.3) is 0 Å². The SMILES string of the molecule is CC(C(=O)O)N(Cc1c(F)cccc1Cl)C(=O)OC(C)(C)C. The Bertz CT molecular complexity index is 551. The molecule has 1 aromatic carbocycles. The van der Waals surface area contributed by atoms with E-state index in [1.165, 1.54) is 25.1 Å². The normalized spacial score (nSPS) is 12.6. The monoisotopic (exact) mass is 331 g/mol. The molecule has 1 N–H and O–H groups in total. The van der Waals surface area contributed by atoms with Crippen LogP contribution >= 0.6 is 11.6 Å². The van der Waals surface area contributed by atoms with Gasteiger partial charge in [0, 0.05) is 10.6 Å². The number of halogens is 2. The largest absolute Gasteiger partial charge is 0.480 e. The number of ether oxygens (including phenoxy) is 1. The molecule has 1 aromatic rings. The number of amides is 1. The first kappa shape index (κ1) is 18.2. The lowest BCUT2D eigenvalue weighted by Gasteiger charge is -2.30. The number of carboxylic acid groups (broad SMARTS) is 1. The van der Waals surface area contributed by atoms with Gasteiger partial charge in [0.15, 0.2) is 0 Å². The van der Waals surface area contributed by atoms with E-state index >= 15 is 0 Å². The molecule has 7 heteroatoms. The molecule has 1 atom stereocenters. The fourth-order valence-corrected chi connectivity index (χ4v) is 1.89. The number of benzene rings is 1. The molecular formula is C15H19ClFNO4. The predicted molar refractivity (Wildman–Crippen MR) is 80.3 cm³/mol. The van der Waals surface area contributed by atoms with Crippen LogP contribution in [0.5, 0.6) is 0 Å². The number of carbonyl (C=O) groups is 2. The maximum atomic E-state index is 13.9. The highest BCUT2D eigenvalue weighted by Crippen LogP contribution is 2.23. The van der Waals surface area contributed by atoms with E-state index in [2.05, 4.69) is 0 Å². The Balaban J connectivity index is 3.11. The number of rotatable bonds is 4. The Hall–Kier alpha value is -1.82. The van der Waals surface area contributed by atoms with Gasteiger partial charge < -0.3 is 9.84 Å². The van der Waals surface area contributed by atoms with Gasteiger partial charge in [-0.05, 0) is 39.8 Å². The molecule has 0 saturated heterocycles. The molecule has 1 rings (SSSR count). The molecule has 0 heterocycles. The van der Waals surface area contributed by atoms with E-state index in [0.29, 0.717) is 0 Å². The van der Waals surface area contributed by atoms with Gasteiger partial charge in [0.25, 0.3) is 0 Å². The Kier molecular flexibility index (Phi) is 5.77. The van der Waals surface area contributed by atoms with Crippen molar-refractivity contribution in [2.45, 2.75) is 45.9 Å². The standard InChI is InChI=1S/C15H19ClFNO4/c1-9(13(19)20)18(14(21)22-15(2,3)4)8-10-11(16)6-5-7-12(10)17/h5-7,9H,8H2,1-4H3,(H,19,20). The smallest absolute Gasteiger partial charge is 0.411 e. The third-order valence-electron chi connectivity index (χ3n) is 2.84. The number of hydrogen-bond acceptors (Lipinski definition) is 3. The number of carboxylic acids is 1. The van der Waals surface area contributed by atoms with Gasteiger partial charge in [0.2, 0.25) is 0 Å². The third kappa shape index (κ3) is 4.87. The second-order valence-corrected chi connectivity index (χ2v) is 6.23. The summed E-state index contributed by atoms with van der Waals surface area (Å²) < 4.78 is 19.0. The lowest BCUT2D eigenvalue weighted by Crippen LogP contribution is -2.45. The van der Waals surface area contributed by atoms with Crippen molar-refractivity contribution in [1.82, 2.24) is 4.90 Å². The minimum absolute atomic E-state index is 0.0446. The molecule has 0 spiro atoms. The van der Waals surface area contributed by atoms with E-state index in [0.717, 1.165) is 4.90 Å². The lowest BCUT2D eigenvalue weighted by atomic mass is 10.1. The molecule has 0 saturated carbocycles. The van der Waals surface area contributed by atoms with E-state index in [1.54, 1.807) is 20.8 Å². The zero-order valence-electron chi connectivity index (χ0n) is 12.9. The molecule has 1 unspecified atom stereocenters. The summed E-state index contributed by atoms with van der Waals surface area (Å²) >= 11 is 5.93. The van der Waals surface area contributed by atoms with Crippen LogP contribution in [0.3, 0.4) is 0 Å². The van der Waals surface area contributed by atoms with Crippen LogP contribution in [0.15, 0.2) is 18.2 Å². The van der Waals surface area contributed by atoms with Gasteiger partial charge in [0.05, 0.1) is 6.54 Å². The van der Waals surface area contributed by atoms with Crippen LogP contribution in [0.1, 0.15) is 33.3 Å². The van der Waals surface area contributed by atoms with E-state index in [1.807, 2.05) is 0 Å². The highest BCUT2D eigenvalue weighted by molar-refractivity contribution is 6.31. The molecule has 0 aromatic heterocycles. The van der Waals surface area contributed by atoms with Crippen LogP contribution in [0.4, 0.5) is 9.18 Å². The maximum Gasteiger partial charge on any atom is 0.411 e. The van der Waals surface area contributed by atoms with Crippen molar-refractivity contribution in [3.05, 3.63) is 34.6 Å². The zero-order valence-corrected chi connectivity index (χ0v) is 13.6. The van der Waals surface area contributed by atoms with Crippen molar-refractivity contribution in [3.8, 4) is 0 Å². The van der Waals surface area contributed by atoms with E-state index in [-0.39, 0.29) is 17.1 Å². The van der Waals surface area contributed by atoms with Gasteiger partial charge in [-0.15, -0.1) is 0 Å². The van der Waals surface area contributed by atoms with E-state index < -0.39 is 29.5 Å². The molecular weight excluding hydrogens is 313 g/mol. The van der Waals surface area contributed by atoms with E-state index in [4.69, 9.17) is 21.4 Å². The number of hydrogen-bond donors (Lipinski definition) is 1. The minimum Gasteiger partial charge on any atom is -0.480 e. The first-order valence-corrected chi connectivity index (χ1v) is 7.06. The van der Waals surface area contributed by atoms with Crippen LogP contribution in [-0.2, 0) is 16.1 Å². The average molecular weight is 332 g/mol. The fourth-order valence-electron chi connectivity index (χ4n) is 1.67. The highest BCUT2D eigenvalue weighted by Gasteiger charge is 2.31. The number of nitrogens with zero attached hydrogens (tertiary/aromatic N) is 1. The summed E-state index contributed by atoms with van der Waals surface area (Å²) in [6.45, 7) is 5.99. The molecule has 1 amide bonds. The second kappa shape index (κ2) is 6.96. The van der Waals surface area contributed by atoms with Crippen molar-refractivity contribution in [2.24, 2.45) is 0 Å². The van der Waals surface area contributed by atoms with Gasteiger partial charge in [-0.3, -0.25) is 4.90 Å². The first-order valence-electron chi connectivity index (χ1n) is 6.68. The summed E-state index contributed by atoms with van der Waals surface area (Å²) in [5.41, 5.74) is -0.754. The fraction of sp³-hybridized carbons (Fsp3) is 0.467. The third-order valence-corrected chi connectivity index (χ3v) is 3.20. The minimum atomic E-state index is -1.22. The quantitative estimate of drug-likeness (QED) is 0.913. The summed E-state index contributed by atoms with van der Waals surface area (Å²) in [5, 5.41) is 9.26.